The SMILES string of the molecule is CC(C)c1ccccc1[C@@H]1CCCN1C1CC2(CCN(c3ccc(C(=O)NS(=O)(=O)c4cc5c(c([N+](=O)[O-])c4)N[C@@H](C4CCC(C)(O)CC4)CO5)c(N4c5cc6cc[nH]c6nc5O[C@H]5COC[C@@H]54)c3)CC2)C1. The van der Waals surface area contributed by atoms with E-state index in [9.17, 15) is 28.4 Å². The minimum absolute atomic E-state index is 0.00952. The maximum atomic E-state index is 14.8. The second kappa shape index (κ2) is 17.9. The molecule has 380 valence electrons. The highest BCUT2D eigenvalue weighted by Gasteiger charge is 2.51. The molecule has 17 nitrogen and oxygen atoms in total. The molecule has 72 heavy (non-hydrogen) atoms. The number of nitro groups is 1. The first-order valence-corrected chi connectivity index (χ1v) is 27.4. The van der Waals surface area contributed by atoms with Crippen LogP contribution in [-0.4, -0.2) is 109 Å². The van der Waals surface area contributed by atoms with Gasteiger partial charge in [-0.1, -0.05) is 38.1 Å². The van der Waals surface area contributed by atoms with E-state index in [2.05, 4.69) is 62.9 Å². The molecule has 7 aliphatic rings. The van der Waals surface area contributed by atoms with Crippen LogP contribution in [0.3, 0.4) is 0 Å². The van der Waals surface area contributed by atoms with Gasteiger partial charge in [0.15, 0.2) is 11.4 Å². The molecule has 1 amide bonds. The number of hydrogen-bond acceptors (Lipinski definition) is 14. The molecule has 7 heterocycles. The van der Waals surface area contributed by atoms with E-state index in [1.165, 1.54) is 42.9 Å². The first kappa shape index (κ1) is 47.1. The lowest BCUT2D eigenvalue weighted by molar-refractivity contribution is -0.384. The molecule has 5 aromatic rings. The summed E-state index contributed by atoms with van der Waals surface area (Å²) in [6, 6.07) is 21.0. The van der Waals surface area contributed by atoms with Crippen LogP contribution in [0.1, 0.15) is 118 Å². The number of H-pyrrole nitrogens is 1. The lowest BCUT2D eigenvalue weighted by atomic mass is 9.59. The predicted octanol–water partition coefficient (Wildman–Crippen LogP) is 8.71. The van der Waals surface area contributed by atoms with Crippen LogP contribution in [0.4, 0.5) is 28.4 Å². The van der Waals surface area contributed by atoms with Crippen LogP contribution in [-0.2, 0) is 14.8 Å². The first-order valence-electron chi connectivity index (χ1n) is 25.9. The Hall–Kier alpha value is -5.95. The number of pyridine rings is 1. The van der Waals surface area contributed by atoms with E-state index >= 15 is 0 Å². The van der Waals surface area contributed by atoms with E-state index < -0.39 is 43.1 Å². The van der Waals surface area contributed by atoms with Crippen molar-refractivity contribution >= 4 is 55.4 Å². The number of sulfonamides is 1. The monoisotopic (exact) mass is 1000 g/mol. The van der Waals surface area contributed by atoms with E-state index in [0.29, 0.717) is 79.8 Å². The van der Waals surface area contributed by atoms with Crippen LogP contribution in [0.25, 0.3) is 11.0 Å². The number of anilines is 4. The number of aromatic nitrogens is 2. The summed E-state index contributed by atoms with van der Waals surface area (Å²) in [4.78, 5) is 41.4. The van der Waals surface area contributed by atoms with Gasteiger partial charge in [-0.3, -0.25) is 19.8 Å². The molecular formula is C54H64N8O9S. The van der Waals surface area contributed by atoms with Gasteiger partial charge in [-0.2, -0.15) is 4.98 Å². The number of nitrogens with zero attached hydrogens (tertiary/aromatic N) is 5. The highest BCUT2D eigenvalue weighted by Crippen LogP contribution is 2.55. The molecule has 4 atom stereocenters. The summed E-state index contributed by atoms with van der Waals surface area (Å²) in [5.74, 6) is 0.0517. The average Bonchev–Trinajstić information content (AvgIpc) is 4.15. The molecule has 0 unspecified atom stereocenters. The number of fused-ring (bicyclic) bond motifs is 4. The van der Waals surface area contributed by atoms with E-state index in [1.54, 1.807) is 12.3 Å². The molecule has 0 radical (unpaired) electrons. The molecule has 12 rings (SSSR count). The van der Waals surface area contributed by atoms with E-state index in [4.69, 9.17) is 19.2 Å². The van der Waals surface area contributed by atoms with Crippen molar-refractivity contribution in [2.75, 3.05) is 54.6 Å². The maximum absolute atomic E-state index is 14.8. The zero-order valence-corrected chi connectivity index (χ0v) is 42.0. The summed E-state index contributed by atoms with van der Waals surface area (Å²) in [7, 11) is -4.71. The Morgan fingerprint density at radius 1 is 0.958 bits per heavy atom. The summed E-state index contributed by atoms with van der Waals surface area (Å²) in [6.07, 6.45) is 10.9. The summed E-state index contributed by atoms with van der Waals surface area (Å²) >= 11 is 0. The lowest BCUT2D eigenvalue weighted by Crippen LogP contribution is -2.55. The average molecular weight is 1000 g/mol. The first-order chi connectivity index (χ1) is 34.6. The van der Waals surface area contributed by atoms with Gasteiger partial charge in [0.1, 0.15) is 24.0 Å². The third kappa shape index (κ3) is 8.41. The summed E-state index contributed by atoms with van der Waals surface area (Å²) in [5.41, 5.74) is 4.80. The van der Waals surface area contributed by atoms with Gasteiger partial charge < -0.3 is 39.4 Å². The van der Waals surface area contributed by atoms with Crippen molar-refractivity contribution in [1.82, 2.24) is 19.6 Å². The standard InChI is InChI=1S/C54H64N8O9S/c1-32(2)38-7-4-5-8-39(38)42-9-6-20-60(42)36-27-54(28-36)17-21-59(22-18-54)35-10-11-40(43(24-35)61-45-23-34-14-19-55-50(34)57-52(45)71-48-31-69-30-46(48)61)51(63)58-72(67,68)37-25-44(62(65)66)49-47(26-37)70-29-41(56-49)33-12-15-53(3,64)16-13-33/h4-5,7-8,10-11,14,19,23-26,32-33,36,41-42,46,48,56,64H,6,9,12-13,15-18,20-22,27-31H2,1-3H3,(H,55,57)(H,58,63)/t33?,41-,42+,46+,48+,53?/m1/s1. The van der Waals surface area contributed by atoms with Crippen molar-refractivity contribution in [3.05, 3.63) is 99.7 Å². The fourth-order valence-corrected chi connectivity index (χ4v) is 14.2. The predicted molar refractivity (Wildman–Crippen MR) is 273 cm³/mol. The third-order valence-corrected chi connectivity index (χ3v) is 18.6. The number of nitro benzene ring substituents is 1. The van der Waals surface area contributed by atoms with Crippen molar-refractivity contribution in [2.24, 2.45) is 11.3 Å². The van der Waals surface area contributed by atoms with E-state index in [1.807, 2.05) is 36.1 Å². The van der Waals surface area contributed by atoms with Crippen molar-refractivity contribution in [3.63, 3.8) is 0 Å². The number of rotatable bonds is 10. The molecular weight excluding hydrogens is 937 g/mol. The lowest BCUT2D eigenvalue weighted by Gasteiger charge is -2.56. The molecule has 1 spiro atoms. The molecule has 18 heteroatoms. The molecule has 5 fully saturated rings. The van der Waals surface area contributed by atoms with Gasteiger partial charge in [0.25, 0.3) is 21.6 Å². The minimum atomic E-state index is -4.71. The Morgan fingerprint density at radius 3 is 2.53 bits per heavy atom. The van der Waals surface area contributed by atoms with Crippen LogP contribution in [0.5, 0.6) is 11.6 Å². The van der Waals surface area contributed by atoms with Crippen LogP contribution in [0, 0.1) is 21.4 Å². The number of likely N-dealkylation sites (tertiary alicyclic amines) is 1. The Labute approximate surface area is 419 Å². The number of piperidine rings is 1. The summed E-state index contributed by atoms with van der Waals surface area (Å²) < 4.78 is 49.5. The number of ether oxygens (including phenoxy) is 3. The zero-order valence-electron chi connectivity index (χ0n) is 41.1. The largest absolute Gasteiger partial charge is 0.489 e. The van der Waals surface area contributed by atoms with E-state index in [-0.39, 0.29) is 47.0 Å². The molecule has 4 N–H and O–H groups in total. The molecule has 5 aliphatic heterocycles. The van der Waals surface area contributed by atoms with Crippen molar-refractivity contribution in [3.8, 4) is 11.6 Å². The number of aliphatic hydroxyl groups is 1. The molecule has 2 aliphatic carbocycles. The van der Waals surface area contributed by atoms with Crippen molar-refractivity contribution in [2.45, 2.75) is 132 Å². The number of benzene rings is 3. The van der Waals surface area contributed by atoms with E-state index in [0.717, 1.165) is 49.6 Å². The topological polar surface area (TPSA) is 205 Å². The van der Waals surface area contributed by atoms with Gasteiger partial charge in [-0.15, -0.1) is 0 Å². The molecule has 3 aromatic carbocycles. The Balaban J connectivity index is 0.824. The van der Waals surface area contributed by atoms with Crippen LogP contribution < -0.4 is 29.3 Å². The van der Waals surface area contributed by atoms with Crippen molar-refractivity contribution < 1.29 is 37.5 Å². The fraction of sp³-hybridized carbons (Fsp3) is 0.519. The Bertz CT molecular complexity index is 3040. The number of hydrogen-bond donors (Lipinski definition) is 4. The highest BCUT2D eigenvalue weighted by molar-refractivity contribution is 7.90. The summed E-state index contributed by atoms with van der Waals surface area (Å²) in [5, 5.41) is 27.2. The second-order valence-electron chi connectivity index (χ2n) is 22.2. The van der Waals surface area contributed by atoms with Crippen LogP contribution >= 0.6 is 0 Å². The zero-order chi connectivity index (χ0) is 49.7. The third-order valence-electron chi connectivity index (χ3n) is 17.3. The number of nitrogens with one attached hydrogen (secondary N) is 3. The van der Waals surface area contributed by atoms with Crippen molar-refractivity contribution in [1.29, 1.82) is 0 Å². The molecule has 3 saturated heterocycles. The fourth-order valence-electron chi connectivity index (χ4n) is 13.2. The van der Waals surface area contributed by atoms with Gasteiger partial charge in [0.2, 0.25) is 5.88 Å². The van der Waals surface area contributed by atoms with Crippen LogP contribution in [0.15, 0.2) is 77.8 Å². The molecule has 2 aromatic heterocycles. The van der Waals surface area contributed by atoms with Crippen LogP contribution in [0.2, 0.25) is 0 Å². The Morgan fingerprint density at radius 2 is 1.75 bits per heavy atom. The van der Waals surface area contributed by atoms with Gasteiger partial charge in [0, 0.05) is 54.6 Å². The highest BCUT2D eigenvalue weighted by atomic mass is 32.2. The smallest absolute Gasteiger partial charge is 0.297 e. The normalized spacial score (nSPS) is 27.1. The number of carbonyl (C=O) groups is 1. The minimum Gasteiger partial charge on any atom is -0.489 e. The number of carbonyl (C=O) groups excluding carboxylic acids is 1. The maximum Gasteiger partial charge on any atom is 0.297 e. The quantitative estimate of drug-likeness (QED) is 0.0764. The van der Waals surface area contributed by atoms with Gasteiger partial charge >= 0.3 is 0 Å². The Kier molecular flexibility index (Phi) is 11.7. The van der Waals surface area contributed by atoms with Gasteiger partial charge in [0.05, 0.1) is 52.0 Å². The number of amides is 1. The summed E-state index contributed by atoms with van der Waals surface area (Å²) in [6.45, 7) is 9.97. The molecule has 0 bridgehead atoms. The second-order valence-corrected chi connectivity index (χ2v) is 23.9. The van der Waals surface area contributed by atoms with Gasteiger partial charge in [-0.05, 0) is 136 Å². The molecule has 2 saturated carbocycles. The van der Waals surface area contributed by atoms with Gasteiger partial charge in [-0.25, -0.2) is 13.1 Å². The number of aromatic amines is 1.